The van der Waals surface area contributed by atoms with E-state index in [0.29, 0.717) is 22.2 Å². The van der Waals surface area contributed by atoms with Gasteiger partial charge in [0.05, 0.1) is 0 Å². The third kappa shape index (κ3) is 4.54. The van der Waals surface area contributed by atoms with Gasteiger partial charge in [-0.25, -0.2) is 4.79 Å². The summed E-state index contributed by atoms with van der Waals surface area (Å²) in [5.74, 6) is 2.12. The van der Waals surface area contributed by atoms with E-state index in [1.54, 1.807) is 0 Å². The van der Waals surface area contributed by atoms with Crippen molar-refractivity contribution in [3.63, 3.8) is 0 Å². The molecular weight excluding hydrogens is 552 g/mol. The van der Waals surface area contributed by atoms with E-state index < -0.39 is 3.74 Å². The molecule has 4 rings (SSSR count). The highest BCUT2D eigenvalue weighted by molar-refractivity contribution is 9.25. The van der Waals surface area contributed by atoms with E-state index in [1.165, 1.54) is 63.4 Å². The number of carbonyl (C=O) groups is 1. The molecule has 2 saturated carbocycles. The van der Waals surface area contributed by atoms with Crippen LogP contribution in [0, 0.1) is 34.0 Å². The van der Waals surface area contributed by atoms with Gasteiger partial charge in [-0.3, -0.25) is 0 Å². The third-order valence-electron chi connectivity index (χ3n) is 11.1. The minimum absolute atomic E-state index is 0.0762. The Labute approximate surface area is 225 Å². The maximum Gasteiger partial charge on any atom is 0.330 e. The van der Waals surface area contributed by atoms with Crippen LogP contribution in [-0.2, 0) is 9.53 Å². The summed E-state index contributed by atoms with van der Waals surface area (Å²) in [5, 5.41) is 0. The Hall–Kier alpha value is -0.0900. The van der Waals surface area contributed by atoms with Gasteiger partial charge < -0.3 is 4.74 Å². The molecule has 4 heteroatoms. The van der Waals surface area contributed by atoms with Crippen LogP contribution < -0.4 is 0 Å². The van der Waals surface area contributed by atoms with Crippen molar-refractivity contribution in [2.24, 2.45) is 34.0 Å². The van der Waals surface area contributed by atoms with E-state index in [2.05, 4.69) is 79.5 Å². The van der Waals surface area contributed by atoms with Gasteiger partial charge in [0.25, 0.3) is 0 Å². The highest BCUT2D eigenvalue weighted by Gasteiger charge is 2.61. The van der Waals surface area contributed by atoms with Gasteiger partial charge >= 0.3 is 5.97 Å². The number of esters is 1. The number of fused-ring (bicyclic) bond motifs is 4. The predicted molar refractivity (Wildman–Crippen MR) is 149 cm³/mol. The van der Waals surface area contributed by atoms with Crippen molar-refractivity contribution in [1.29, 1.82) is 0 Å². The maximum atomic E-state index is 12.1. The smallest absolute Gasteiger partial charge is 0.330 e. The lowest BCUT2D eigenvalue weighted by atomic mass is 9.46. The standard InChI is InChI=1S/C30H46Br2O2/c1-19(2)8-7-9-20(3)23-13-16-30(6)25-11-10-21-18-22(34-27(33)26(31)32)12-15-28(21,4)24(25)14-17-29(23,30)5/h8,20-23,26H,7,9-18H2,1-6H3/t20-,21+,22+,23-,28+,29-,30+/m1/s1. The van der Waals surface area contributed by atoms with Crippen molar-refractivity contribution in [2.45, 2.75) is 122 Å². The summed E-state index contributed by atoms with van der Waals surface area (Å²) >= 11 is 6.59. The minimum Gasteiger partial charge on any atom is -0.461 e. The molecule has 0 aliphatic heterocycles. The van der Waals surface area contributed by atoms with E-state index in [9.17, 15) is 4.79 Å². The Morgan fingerprint density at radius 3 is 2.47 bits per heavy atom. The number of rotatable bonds is 6. The van der Waals surface area contributed by atoms with Crippen LogP contribution in [0.15, 0.2) is 22.8 Å². The minimum atomic E-state index is -0.398. The van der Waals surface area contributed by atoms with Gasteiger partial charge in [0, 0.05) is 0 Å². The molecule has 0 amide bonds. The summed E-state index contributed by atoms with van der Waals surface area (Å²) in [4.78, 5) is 12.1. The van der Waals surface area contributed by atoms with Crippen LogP contribution in [0.25, 0.3) is 0 Å². The number of halogens is 2. The fourth-order valence-corrected chi connectivity index (χ4v) is 9.14. The van der Waals surface area contributed by atoms with Crippen LogP contribution in [0.5, 0.6) is 0 Å². The fraction of sp³-hybridized carbons (Fsp3) is 0.833. The molecule has 4 aliphatic carbocycles. The number of ether oxygens (including phenoxy) is 1. The predicted octanol–water partition coefficient (Wildman–Crippen LogP) is 9.51. The zero-order valence-electron chi connectivity index (χ0n) is 22.3. The highest BCUT2D eigenvalue weighted by Crippen LogP contribution is 2.71. The molecule has 0 unspecified atom stereocenters. The summed E-state index contributed by atoms with van der Waals surface area (Å²) in [7, 11) is 0. The molecule has 34 heavy (non-hydrogen) atoms. The number of alkyl halides is 2. The first-order chi connectivity index (χ1) is 15.9. The topological polar surface area (TPSA) is 26.3 Å². The van der Waals surface area contributed by atoms with Crippen molar-refractivity contribution >= 4 is 37.8 Å². The van der Waals surface area contributed by atoms with E-state index >= 15 is 0 Å². The van der Waals surface area contributed by atoms with Crippen LogP contribution in [0.3, 0.4) is 0 Å². The second-order valence-electron chi connectivity index (χ2n) is 13.0. The Morgan fingerprint density at radius 2 is 1.79 bits per heavy atom. The van der Waals surface area contributed by atoms with E-state index in [-0.39, 0.29) is 12.1 Å². The second kappa shape index (κ2) is 9.99. The Bertz CT molecular complexity index is 856. The molecule has 0 saturated heterocycles. The normalized spacial score (nSPS) is 40.3. The molecule has 4 aliphatic rings. The monoisotopic (exact) mass is 596 g/mol. The summed E-state index contributed by atoms with van der Waals surface area (Å²) in [6.07, 6.45) is 16.2. The summed E-state index contributed by atoms with van der Waals surface area (Å²) in [5.41, 5.74) is 6.24. The average Bonchev–Trinajstić information content (AvgIpc) is 3.05. The molecule has 2 nitrogen and oxygen atoms in total. The van der Waals surface area contributed by atoms with Crippen LogP contribution in [0.4, 0.5) is 0 Å². The zero-order chi connectivity index (χ0) is 24.9. The first-order valence-corrected chi connectivity index (χ1v) is 15.6. The largest absolute Gasteiger partial charge is 0.461 e. The number of carbonyl (C=O) groups excluding carboxylic acids is 1. The molecular formula is C30H46Br2O2. The first-order valence-electron chi connectivity index (χ1n) is 13.8. The third-order valence-corrected chi connectivity index (χ3v) is 11.9. The van der Waals surface area contributed by atoms with Crippen molar-refractivity contribution in [2.75, 3.05) is 0 Å². The highest BCUT2D eigenvalue weighted by atomic mass is 79.9. The lowest BCUT2D eigenvalue weighted by molar-refractivity contribution is -0.150. The zero-order valence-corrected chi connectivity index (χ0v) is 25.5. The van der Waals surface area contributed by atoms with E-state index in [0.717, 1.165) is 24.7 Å². The summed E-state index contributed by atoms with van der Waals surface area (Å²) < 4.78 is 5.42. The molecule has 0 radical (unpaired) electrons. The molecule has 0 aromatic rings. The lowest BCUT2D eigenvalue weighted by Gasteiger charge is -2.59. The quantitative estimate of drug-likeness (QED) is 0.173. The van der Waals surface area contributed by atoms with Crippen molar-refractivity contribution in [3.05, 3.63) is 22.8 Å². The Morgan fingerprint density at radius 1 is 1.06 bits per heavy atom. The van der Waals surface area contributed by atoms with Gasteiger partial charge in [0.15, 0.2) is 3.74 Å². The molecule has 2 fully saturated rings. The van der Waals surface area contributed by atoms with Gasteiger partial charge in [-0.05, 0) is 118 Å². The van der Waals surface area contributed by atoms with Crippen LogP contribution in [0.2, 0.25) is 0 Å². The van der Waals surface area contributed by atoms with Crippen molar-refractivity contribution in [1.82, 2.24) is 0 Å². The van der Waals surface area contributed by atoms with Gasteiger partial charge in [-0.1, -0.05) is 82.4 Å². The van der Waals surface area contributed by atoms with Crippen LogP contribution in [-0.4, -0.2) is 15.8 Å². The molecule has 0 N–H and O–H groups in total. The van der Waals surface area contributed by atoms with Gasteiger partial charge in [0.2, 0.25) is 0 Å². The molecule has 0 heterocycles. The second-order valence-corrected chi connectivity index (χ2v) is 16.0. The fourth-order valence-electron chi connectivity index (χ4n) is 8.92. The van der Waals surface area contributed by atoms with Gasteiger partial charge in [0.1, 0.15) is 6.10 Å². The molecule has 0 bridgehead atoms. The Balaban J connectivity index is 1.53. The average molecular weight is 599 g/mol. The lowest BCUT2D eigenvalue weighted by Crippen LogP contribution is -2.49. The summed E-state index contributed by atoms with van der Waals surface area (Å²) in [6.45, 7) is 14.9. The molecule has 0 spiro atoms. The molecule has 0 aromatic carbocycles. The molecule has 192 valence electrons. The molecule has 0 aromatic heterocycles. The maximum absolute atomic E-state index is 12.1. The summed E-state index contributed by atoms with van der Waals surface area (Å²) in [6, 6.07) is 0. The van der Waals surface area contributed by atoms with Crippen molar-refractivity contribution in [3.8, 4) is 0 Å². The van der Waals surface area contributed by atoms with Crippen molar-refractivity contribution < 1.29 is 9.53 Å². The molecule has 7 atom stereocenters. The number of allylic oxidation sites excluding steroid dienone is 4. The first kappa shape index (κ1) is 27.0. The SMILES string of the molecule is CC(C)=CCC[C@@H](C)[C@H]1CC[C@@]2(C)C3=C(CC[C@]12C)[C@@]1(C)CC[C@H](OC(=O)C(Br)Br)C[C@@H]1CC3. The van der Waals surface area contributed by atoms with E-state index in [1.807, 2.05) is 11.1 Å². The van der Waals surface area contributed by atoms with Gasteiger partial charge in [-0.15, -0.1) is 0 Å². The van der Waals surface area contributed by atoms with Crippen LogP contribution >= 0.6 is 31.9 Å². The van der Waals surface area contributed by atoms with Crippen LogP contribution in [0.1, 0.15) is 112 Å². The number of hydrogen-bond donors (Lipinski definition) is 0. The Kier molecular flexibility index (Phi) is 7.92. The number of hydrogen-bond acceptors (Lipinski definition) is 2. The van der Waals surface area contributed by atoms with Gasteiger partial charge in [-0.2, -0.15) is 0 Å². The van der Waals surface area contributed by atoms with E-state index in [4.69, 9.17) is 4.74 Å².